The molecule has 8 nitrogen and oxygen atoms in total. The van der Waals surface area contributed by atoms with Crippen molar-refractivity contribution in [3.8, 4) is 0 Å². The molecular formula is C21H30O8. The van der Waals surface area contributed by atoms with Gasteiger partial charge in [0.25, 0.3) is 0 Å². The average Bonchev–Trinajstić information content (AvgIpc) is 3.42. The van der Waals surface area contributed by atoms with Crippen molar-refractivity contribution in [3.05, 3.63) is 23.8 Å². The fourth-order valence-corrected chi connectivity index (χ4v) is 3.27. The molecule has 0 unspecified atom stereocenters. The highest BCUT2D eigenvalue weighted by Gasteiger charge is 2.31. The third-order valence-electron chi connectivity index (χ3n) is 5.09. The maximum absolute atomic E-state index is 11.3. The smallest absolute Gasteiger partial charge is 0.332 e. The van der Waals surface area contributed by atoms with Crippen LogP contribution in [0.5, 0.6) is 0 Å². The molecule has 8 heteroatoms. The summed E-state index contributed by atoms with van der Waals surface area (Å²) in [7, 11) is 0. The number of rotatable bonds is 6. The molecule has 0 atom stereocenters. The number of carbonyl (C=O) groups is 4. The number of carboxylic acid groups (broad SMARTS) is 3. The summed E-state index contributed by atoms with van der Waals surface area (Å²) in [6.07, 6.45) is 7.95. The van der Waals surface area contributed by atoms with Crippen LogP contribution in [0.25, 0.3) is 0 Å². The number of esters is 1. The first-order chi connectivity index (χ1) is 13.4. The zero-order chi connectivity index (χ0) is 22.2. The SMILES string of the molecule is CC(C)(C)C1CCC(OC(=O)/C=C/C(=O)O)CC1.O=C(O)/C=C(/C(=O)O)C1CC1. The Bertz CT molecular complexity index is 671. The van der Waals surface area contributed by atoms with Gasteiger partial charge in [0.2, 0.25) is 0 Å². The van der Waals surface area contributed by atoms with Crippen molar-refractivity contribution >= 4 is 23.9 Å². The Hall–Kier alpha value is -2.64. The van der Waals surface area contributed by atoms with Gasteiger partial charge in [0.15, 0.2) is 0 Å². The van der Waals surface area contributed by atoms with Gasteiger partial charge >= 0.3 is 23.9 Å². The van der Waals surface area contributed by atoms with E-state index in [-0.39, 0.29) is 17.6 Å². The van der Waals surface area contributed by atoms with E-state index in [1.54, 1.807) is 0 Å². The summed E-state index contributed by atoms with van der Waals surface area (Å²) >= 11 is 0. The van der Waals surface area contributed by atoms with E-state index in [2.05, 4.69) is 20.8 Å². The van der Waals surface area contributed by atoms with Crippen LogP contribution in [0.15, 0.2) is 23.8 Å². The van der Waals surface area contributed by atoms with Crippen LogP contribution in [0.1, 0.15) is 59.3 Å². The number of hydrogen-bond donors (Lipinski definition) is 3. The molecule has 0 radical (unpaired) electrons. The van der Waals surface area contributed by atoms with Gasteiger partial charge in [-0.05, 0) is 55.8 Å². The monoisotopic (exact) mass is 410 g/mol. The van der Waals surface area contributed by atoms with Gasteiger partial charge in [-0.25, -0.2) is 19.2 Å². The van der Waals surface area contributed by atoms with Crippen molar-refractivity contribution in [2.75, 3.05) is 0 Å². The van der Waals surface area contributed by atoms with Crippen LogP contribution in [-0.2, 0) is 23.9 Å². The standard InChI is InChI=1S/C14H22O4.C7H8O4/c1-14(2,3)10-4-6-11(7-5-10)18-13(17)9-8-12(15)16;8-6(9)3-5(7(10)11)4-1-2-4/h8-11H,4-7H2,1-3H3,(H,15,16);3-4H,1-2H2,(H,8,9)(H,10,11)/b9-8+;5-3+. The second-order valence-electron chi connectivity index (χ2n) is 8.47. The van der Waals surface area contributed by atoms with Crippen LogP contribution >= 0.6 is 0 Å². The van der Waals surface area contributed by atoms with Gasteiger partial charge in [-0.2, -0.15) is 0 Å². The van der Waals surface area contributed by atoms with Gasteiger partial charge < -0.3 is 20.1 Å². The van der Waals surface area contributed by atoms with Gasteiger partial charge in [-0.15, -0.1) is 0 Å². The Morgan fingerprint density at radius 3 is 1.76 bits per heavy atom. The van der Waals surface area contributed by atoms with E-state index in [4.69, 9.17) is 20.1 Å². The molecule has 0 spiro atoms. The van der Waals surface area contributed by atoms with Crippen LogP contribution in [0, 0.1) is 17.3 Å². The van der Waals surface area contributed by atoms with E-state index in [1.807, 2.05) is 0 Å². The normalized spacial score (nSPS) is 22.4. The second-order valence-corrected chi connectivity index (χ2v) is 8.47. The molecular weight excluding hydrogens is 380 g/mol. The van der Waals surface area contributed by atoms with Crippen molar-refractivity contribution in [1.29, 1.82) is 0 Å². The number of hydrogen-bond acceptors (Lipinski definition) is 5. The Balaban J connectivity index is 0.000000326. The van der Waals surface area contributed by atoms with Crippen molar-refractivity contribution in [1.82, 2.24) is 0 Å². The fourth-order valence-electron chi connectivity index (χ4n) is 3.27. The molecule has 162 valence electrons. The molecule has 3 N–H and O–H groups in total. The average molecular weight is 410 g/mol. The molecule has 0 aromatic rings. The first-order valence-corrected chi connectivity index (χ1v) is 9.69. The first kappa shape index (κ1) is 24.4. The number of carboxylic acids is 3. The minimum absolute atomic E-state index is 0.0244. The topological polar surface area (TPSA) is 138 Å². The third kappa shape index (κ3) is 9.91. The summed E-state index contributed by atoms with van der Waals surface area (Å²) in [4.78, 5) is 42.1. The van der Waals surface area contributed by atoms with E-state index >= 15 is 0 Å². The molecule has 0 bridgehead atoms. The summed E-state index contributed by atoms with van der Waals surface area (Å²) < 4.78 is 5.21. The predicted octanol–water partition coefficient (Wildman–Crippen LogP) is 3.27. The Labute approximate surface area is 170 Å². The third-order valence-corrected chi connectivity index (χ3v) is 5.09. The lowest BCUT2D eigenvalue weighted by molar-refractivity contribution is -0.145. The van der Waals surface area contributed by atoms with Crippen molar-refractivity contribution in [3.63, 3.8) is 0 Å². The van der Waals surface area contributed by atoms with Crippen LogP contribution in [-0.4, -0.2) is 45.3 Å². The number of aliphatic carboxylic acids is 3. The quantitative estimate of drug-likeness (QED) is 0.448. The van der Waals surface area contributed by atoms with Gasteiger partial charge in [-0.1, -0.05) is 20.8 Å². The summed E-state index contributed by atoms with van der Waals surface area (Å²) in [5.74, 6) is -3.35. The molecule has 2 rings (SSSR count). The van der Waals surface area contributed by atoms with Crippen molar-refractivity contribution in [2.45, 2.75) is 65.4 Å². The molecule has 2 saturated carbocycles. The Morgan fingerprint density at radius 2 is 1.38 bits per heavy atom. The van der Waals surface area contributed by atoms with E-state index in [0.29, 0.717) is 11.3 Å². The molecule has 2 aliphatic rings. The highest BCUT2D eigenvalue weighted by Crippen LogP contribution is 2.38. The zero-order valence-electron chi connectivity index (χ0n) is 17.1. The molecule has 0 aromatic carbocycles. The van der Waals surface area contributed by atoms with E-state index in [0.717, 1.165) is 56.8 Å². The Morgan fingerprint density at radius 1 is 0.828 bits per heavy atom. The van der Waals surface area contributed by atoms with E-state index < -0.39 is 23.9 Å². The minimum atomic E-state index is -1.19. The van der Waals surface area contributed by atoms with Gasteiger partial charge in [-0.3, -0.25) is 0 Å². The van der Waals surface area contributed by atoms with Crippen LogP contribution < -0.4 is 0 Å². The van der Waals surface area contributed by atoms with E-state index in [1.165, 1.54) is 0 Å². The van der Waals surface area contributed by atoms with Crippen LogP contribution in [0.3, 0.4) is 0 Å². The molecule has 0 heterocycles. The summed E-state index contributed by atoms with van der Waals surface area (Å²) in [5.41, 5.74) is 0.329. The minimum Gasteiger partial charge on any atom is -0.478 e. The summed E-state index contributed by atoms with van der Waals surface area (Å²) in [6, 6.07) is 0. The Kier molecular flexibility index (Phi) is 9.07. The lowest BCUT2D eigenvalue weighted by Crippen LogP contribution is -2.30. The number of carbonyl (C=O) groups excluding carboxylic acids is 1. The lowest BCUT2D eigenvalue weighted by atomic mass is 9.72. The molecule has 0 aromatic heterocycles. The van der Waals surface area contributed by atoms with Crippen LogP contribution in [0.2, 0.25) is 0 Å². The molecule has 2 aliphatic carbocycles. The van der Waals surface area contributed by atoms with Gasteiger partial charge in [0, 0.05) is 23.8 Å². The fraction of sp³-hybridized carbons (Fsp3) is 0.619. The van der Waals surface area contributed by atoms with Gasteiger partial charge in [0.05, 0.1) is 0 Å². The molecule has 2 fully saturated rings. The predicted molar refractivity (Wildman–Crippen MR) is 104 cm³/mol. The number of ether oxygens (including phenoxy) is 1. The van der Waals surface area contributed by atoms with Crippen LogP contribution in [0.4, 0.5) is 0 Å². The summed E-state index contributed by atoms with van der Waals surface area (Å²) in [6.45, 7) is 6.71. The molecule has 0 aliphatic heterocycles. The van der Waals surface area contributed by atoms with E-state index in [9.17, 15) is 19.2 Å². The highest BCUT2D eigenvalue weighted by atomic mass is 16.5. The lowest BCUT2D eigenvalue weighted by Gasteiger charge is -2.36. The molecule has 29 heavy (non-hydrogen) atoms. The highest BCUT2D eigenvalue weighted by molar-refractivity contribution is 5.95. The second kappa shape index (κ2) is 10.8. The largest absolute Gasteiger partial charge is 0.478 e. The molecule has 0 amide bonds. The zero-order valence-corrected chi connectivity index (χ0v) is 17.1. The molecule has 0 saturated heterocycles. The summed E-state index contributed by atoms with van der Waals surface area (Å²) in [5, 5.41) is 25.2. The maximum atomic E-state index is 11.3. The van der Waals surface area contributed by atoms with Crippen molar-refractivity contribution < 1.29 is 39.2 Å². The first-order valence-electron chi connectivity index (χ1n) is 9.69. The maximum Gasteiger partial charge on any atom is 0.332 e. The van der Waals surface area contributed by atoms with Crippen molar-refractivity contribution in [2.24, 2.45) is 17.3 Å². The van der Waals surface area contributed by atoms with Gasteiger partial charge in [0.1, 0.15) is 6.10 Å².